The molecule has 0 radical (unpaired) electrons. The molecule has 6 heteroatoms. The summed E-state index contributed by atoms with van der Waals surface area (Å²) in [7, 11) is 0. The molecular weight excluding hydrogens is 372 g/mol. The Labute approximate surface area is 170 Å². The van der Waals surface area contributed by atoms with E-state index in [1.54, 1.807) is 30.7 Å². The van der Waals surface area contributed by atoms with Gasteiger partial charge in [0, 0.05) is 42.9 Å². The van der Waals surface area contributed by atoms with E-state index in [0.29, 0.717) is 18.1 Å². The summed E-state index contributed by atoms with van der Waals surface area (Å²) < 4.78 is 0. The quantitative estimate of drug-likeness (QED) is 0.584. The van der Waals surface area contributed by atoms with E-state index in [0.717, 1.165) is 24.0 Å². The molecular formula is C22H23ClN4O. The van der Waals surface area contributed by atoms with Crippen molar-refractivity contribution in [2.24, 2.45) is 0 Å². The van der Waals surface area contributed by atoms with Crippen molar-refractivity contribution in [3.8, 4) is 0 Å². The molecule has 2 aromatic heterocycles. The summed E-state index contributed by atoms with van der Waals surface area (Å²) in [5, 5.41) is 7.03. The molecule has 3 rings (SSSR count). The second-order valence-corrected chi connectivity index (χ2v) is 6.88. The number of nitrogens with one attached hydrogen (secondary N) is 2. The number of hydrogen-bond acceptors (Lipinski definition) is 4. The lowest BCUT2D eigenvalue weighted by Crippen LogP contribution is -2.39. The van der Waals surface area contributed by atoms with Crippen molar-refractivity contribution in [1.29, 1.82) is 0 Å². The Kier molecular flexibility index (Phi) is 7.53. The third-order valence-electron chi connectivity index (χ3n) is 4.41. The molecule has 1 aromatic carbocycles. The number of benzene rings is 1. The highest BCUT2D eigenvalue weighted by Crippen LogP contribution is 2.17. The first-order valence-electron chi connectivity index (χ1n) is 9.27. The Morgan fingerprint density at radius 2 is 1.64 bits per heavy atom. The fourth-order valence-electron chi connectivity index (χ4n) is 2.91. The van der Waals surface area contributed by atoms with Crippen LogP contribution in [0.1, 0.15) is 22.7 Å². The van der Waals surface area contributed by atoms with Crippen molar-refractivity contribution in [3.05, 3.63) is 95.0 Å². The number of hydrogen-bond donors (Lipinski definition) is 2. The molecule has 5 nitrogen and oxygen atoms in total. The Morgan fingerprint density at radius 3 is 2.36 bits per heavy atom. The van der Waals surface area contributed by atoms with Crippen molar-refractivity contribution in [1.82, 2.24) is 20.6 Å². The zero-order valence-corrected chi connectivity index (χ0v) is 16.3. The molecule has 0 fully saturated rings. The van der Waals surface area contributed by atoms with Crippen LogP contribution in [0.2, 0.25) is 5.02 Å². The number of aromatic nitrogens is 2. The Bertz CT molecular complexity index is 857. The molecule has 0 spiro atoms. The molecule has 144 valence electrons. The molecule has 3 aromatic rings. The van der Waals surface area contributed by atoms with Gasteiger partial charge in [-0.3, -0.25) is 14.8 Å². The second-order valence-electron chi connectivity index (χ2n) is 6.45. The largest absolute Gasteiger partial charge is 0.354 e. The van der Waals surface area contributed by atoms with E-state index in [-0.39, 0.29) is 5.91 Å². The van der Waals surface area contributed by atoms with Crippen LogP contribution in [0.15, 0.2) is 73.3 Å². The molecule has 1 unspecified atom stereocenters. The second kappa shape index (κ2) is 10.5. The van der Waals surface area contributed by atoms with Crippen molar-refractivity contribution in [3.63, 3.8) is 0 Å². The van der Waals surface area contributed by atoms with Crippen molar-refractivity contribution < 1.29 is 4.79 Å². The van der Waals surface area contributed by atoms with Gasteiger partial charge in [-0.15, -0.1) is 0 Å². The Hall–Kier alpha value is -2.76. The highest BCUT2D eigenvalue weighted by Gasteiger charge is 2.19. The van der Waals surface area contributed by atoms with Crippen molar-refractivity contribution in [2.75, 3.05) is 13.1 Å². The summed E-state index contributed by atoms with van der Waals surface area (Å²) in [6.45, 7) is 1.23. The maximum Gasteiger partial charge on any atom is 0.241 e. The van der Waals surface area contributed by atoms with Crippen LogP contribution >= 0.6 is 11.6 Å². The van der Waals surface area contributed by atoms with Gasteiger partial charge in [0.25, 0.3) is 0 Å². The lowest BCUT2D eigenvalue weighted by Gasteiger charge is -2.19. The van der Waals surface area contributed by atoms with Gasteiger partial charge in [0.1, 0.15) is 6.04 Å². The lowest BCUT2D eigenvalue weighted by molar-refractivity contribution is -0.123. The predicted molar refractivity (Wildman–Crippen MR) is 111 cm³/mol. The molecule has 2 heterocycles. The molecule has 0 aliphatic rings. The predicted octanol–water partition coefficient (Wildman–Crippen LogP) is 3.36. The van der Waals surface area contributed by atoms with E-state index >= 15 is 0 Å². The van der Waals surface area contributed by atoms with E-state index in [2.05, 4.69) is 20.6 Å². The maximum absolute atomic E-state index is 12.8. The standard InChI is InChI=1S/C22H23ClN4O/c23-20-5-3-19(4-6-20)21(26-14-9-17-7-12-24-13-8-17)22(28)27-15-10-18-2-1-11-25-16-18/h1-8,11-13,16,21,26H,9-10,14-15H2,(H,27,28). The van der Waals surface area contributed by atoms with Crippen LogP contribution in [-0.4, -0.2) is 29.0 Å². The number of carbonyl (C=O) groups excluding carboxylic acids is 1. The van der Waals surface area contributed by atoms with E-state index in [4.69, 9.17) is 11.6 Å². The van der Waals surface area contributed by atoms with Crippen LogP contribution < -0.4 is 10.6 Å². The number of pyridine rings is 2. The topological polar surface area (TPSA) is 66.9 Å². The molecule has 1 amide bonds. The van der Waals surface area contributed by atoms with E-state index < -0.39 is 6.04 Å². The summed E-state index contributed by atoms with van der Waals surface area (Å²) in [5.41, 5.74) is 3.16. The zero-order valence-electron chi connectivity index (χ0n) is 15.5. The average Bonchev–Trinajstić information content (AvgIpc) is 2.73. The van der Waals surface area contributed by atoms with Gasteiger partial charge < -0.3 is 10.6 Å². The van der Waals surface area contributed by atoms with Crippen LogP contribution in [0.25, 0.3) is 0 Å². The maximum atomic E-state index is 12.8. The summed E-state index contributed by atoms with van der Waals surface area (Å²) in [6.07, 6.45) is 8.66. The summed E-state index contributed by atoms with van der Waals surface area (Å²) >= 11 is 6.00. The Morgan fingerprint density at radius 1 is 0.893 bits per heavy atom. The van der Waals surface area contributed by atoms with Gasteiger partial charge in [-0.05, 0) is 59.9 Å². The van der Waals surface area contributed by atoms with Crippen molar-refractivity contribution >= 4 is 17.5 Å². The molecule has 0 saturated carbocycles. The number of halogens is 1. The van der Waals surface area contributed by atoms with Gasteiger partial charge in [-0.2, -0.15) is 0 Å². The number of nitrogens with zero attached hydrogens (tertiary/aromatic N) is 2. The minimum Gasteiger partial charge on any atom is -0.354 e. The normalized spacial score (nSPS) is 11.8. The third-order valence-corrected chi connectivity index (χ3v) is 4.66. The highest BCUT2D eigenvalue weighted by atomic mass is 35.5. The van der Waals surface area contributed by atoms with Crippen LogP contribution in [-0.2, 0) is 17.6 Å². The van der Waals surface area contributed by atoms with Crippen LogP contribution in [0.5, 0.6) is 0 Å². The number of amides is 1. The molecule has 2 N–H and O–H groups in total. The lowest BCUT2D eigenvalue weighted by atomic mass is 10.1. The zero-order chi connectivity index (χ0) is 19.6. The summed E-state index contributed by atoms with van der Waals surface area (Å²) in [6, 6.07) is 14.8. The number of rotatable bonds is 9. The van der Waals surface area contributed by atoms with Gasteiger partial charge in [0.2, 0.25) is 5.91 Å². The van der Waals surface area contributed by atoms with E-state index in [9.17, 15) is 4.79 Å². The minimum absolute atomic E-state index is 0.0547. The molecule has 1 atom stereocenters. The minimum atomic E-state index is -0.437. The highest BCUT2D eigenvalue weighted by molar-refractivity contribution is 6.30. The van der Waals surface area contributed by atoms with E-state index in [1.165, 1.54) is 5.56 Å². The van der Waals surface area contributed by atoms with Crippen molar-refractivity contribution in [2.45, 2.75) is 18.9 Å². The molecule has 0 bridgehead atoms. The van der Waals surface area contributed by atoms with Gasteiger partial charge >= 0.3 is 0 Å². The Balaban J connectivity index is 1.59. The monoisotopic (exact) mass is 394 g/mol. The van der Waals surface area contributed by atoms with Gasteiger partial charge in [-0.25, -0.2) is 0 Å². The van der Waals surface area contributed by atoms with Crippen LogP contribution in [0.4, 0.5) is 0 Å². The first-order chi connectivity index (χ1) is 13.7. The van der Waals surface area contributed by atoms with Gasteiger partial charge in [0.05, 0.1) is 0 Å². The summed E-state index contributed by atoms with van der Waals surface area (Å²) in [5.74, 6) is -0.0547. The molecule has 0 aliphatic heterocycles. The SMILES string of the molecule is O=C(NCCc1cccnc1)C(NCCc1ccncc1)c1ccc(Cl)cc1. The molecule has 0 aliphatic carbocycles. The fourth-order valence-corrected chi connectivity index (χ4v) is 3.03. The molecule has 0 saturated heterocycles. The van der Waals surface area contributed by atoms with Crippen LogP contribution in [0.3, 0.4) is 0 Å². The van der Waals surface area contributed by atoms with E-state index in [1.807, 2.05) is 42.6 Å². The fraction of sp³-hybridized carbons (Fsp3) is 0.227. The average molecular weight is 395 g/mol. The first kappa shape index (κ1) is 20.0. The third kappa shape index (κ3) is 6.15. The van der Waals surface area contributed by atoms with Gasteiger partial charge in [-0.1, -0.05) is 29.8 Å². The number of carbonyl (C=O) groups is 1. The smallest absolute Gasteiger partial charge is 0.241 e. The van der Waals surface area contributed by atoms with Crippen LogP contribution in [0, 0.1) is 0 Å². The first-order valence-corrected chi connectivity index (χ1v) is 9.64. The van der Waals surface area contributed by atoms with Gasteiger partial charge in [0.15, 0.2) is 0 Å². The molecule has 28 heavy (non-hydrogen) atoms. The summed E-state index contributed by atoms with van der Waals surface area (Å²) in [4.78, 5) is 21.0.